The van der Waals surface area contributed by atoms with Crippen LogP contribution in [0.15, 0.2) is 243 Å². The normalized spacial score (nSPS) is 11.5. The third kappa shape index (κ3) is 6.12. The molecular weight excluding hydrogens is 749 g/mol. The Morgan fingerprint density at radius 2 is 0.452 bits per heavy atom. The second kappa shape index (κ2) is 14.8. The first kappa shape index (κ1) is 35.7. The van der Waals surface area contributed by atoms with E-state index in [0.29, 0.717) is 0 Å². The molecule has 0 fully saturated rings. The molecule has 0 bridgehead atoms. The Morgan fingerprint density at radius 3 is 0.790 bits per heavy atom. The third-order valence-electron chi connectivity index (χ3n) is 12.5. The van der Waals surface area contributed by atoms with Crippen molar-refractivity contribution < 1.29 is 0 Å². The van der Waals surface area contributed by atoms with Crippen LogP contribution in [0.5, 0.6) is 0 Å². The quantitative estimate of drug-likeness (QED) is 0.152. The van der Waals surface area contributed by atoms with Crippen molar-refractivity contribution >= 4 is 43.6 Å². The van der Waals surface area contributed by atoms with Crippen LogP contribution in [-0.2, 0) is 0 Å². The van der Waals surface area contributed by atoms with E-state index in [9.17, 15) is 0 Å². The highest BCUT2D eigenvalue weighted by Gasteiger charge is 2.16. The van der Waals surface area contributed by atoms with E-state index in [0.717, 1.165) is 0 Å². The lowest BCUT2D eigenvalue weighted by atomic mass is 9.94. The molecule has 2 heterocycles. The number of hydrogen-bond acceptors (Lipinski definition) is 0. The Kier molecular flexibility index (Phi) is 8.53. The molecule has 0 unspecified atom stereocenters. The maximum absolute atomic E-state index is 2.39. The van der Waals surface area contributed by atoms with Crippen LogP contribution in [0.4, 0.5) is 0 Å². The van der Waals surface area contributed by atoms with Gasteiger partial charge in [0.25, 0.3) is 0 Å². The molecule has 12 aromatic rings. The summed E-state index contributed by atoms with van der Waals surface area (Å²) in [4.78, 5) is 0. The van der Waals surface area contributed by atoms with Gasteiger partial charge in [-0.05, 0) is 128 Å². The van der Waals surface area contributed by atoms with Crippen molar-refractivity contribution in [1.82, 2.24) is 9.13 Å². The lowest BCUT2D eigenvalue weighted by molar-refractivity contribution is 1.18. The predicted molar refractivity (Wildman–Crippen MR) is 262 cm³/mol. The molecule has 0 aliphatic carbocycles. The van der Waals surface area contributed by atoms with Gasteiger partial charge in [0.15, 0.2) is 0 Å². The maximum atomic E-state index is 2.39. The van der Waals surface area contributed by atoms with E-state index in [1.165, 1.54) is 111 Å². The molecular formula is C60H40N2. The number of nitrogens with zero attached hydrogens (tertiary/aromatic N) is 2. The zero-order valence-electron chi connectivity index (χ0n) is 34.0. The lowest BCUT2D eigenvalue weighted by Gasteiger charge is -2.12. The fraction of sp³-hybridized carbons (Fsp3) is 0. The molecule has 290 valence electrons. The molecule has 0 amide bonds. The Labute approximate surface area is 360 Å². The molecule has 0 atom stereocenters. The van der Waals surface area contributed by atoms with E-state index in [-0.39, 0.29) is 0 Å². The minimum absolute atomic E-state index is 1.17. The van der Waals surface area contributed by atoms with Crippen molar-refractivity contribution in [3.05, 3.63) is 243 Å². The average Bonchev–Trinajstić information content (AvgIpc) is 3.87. The summed E-state index contributed by atoms with van der Waals surface area (Å²) in [6.45, 7) is 0. The van der Waals surface area contributed by atoms with Crippen molar-refractivity contribution in [2.75, 3.05) is 0 Å². The second-order valence-electron chi connectivity index (χ2n) is 16.2. The summed E-state index contributed by atoms with van der Waals surface area (Å²) >= 11 is 0. The Bertz CT molecular complexity index is 3380. The molecule has 0 N–H and O–H groups in total. The molecule has 2 aromatic heterocycles. The fourth-order valence-electron chi connectivity index (χ4n) is 9.52. The zero-order chi connectivity index (χ0) is 41.0. The zero-order valence-corrected chi connectivity index (χ0v) is 34.0. The summed E-state index contributed by atoms with van der Waals surface area (Å²) in [6, 6.07) is 88.4. The second-order valence-corrected chi connectivity index (χ2v) is 16.2. The smallest absolute Gasteiger partial charge is 0.0547 e. The fourth-order valence-corrected chi connectivity index (χ4v) is 9.52. The molecule has 0 aliphatic rings. The summed E-state index contributed by atoms with van der Waals surface area (Å²) in [5, 5.41) is 5.05. The van der Waals surface area contributed by atoms with Crippen molar-refractivity contribution in [3.8, 4) is 67.0 Å². The van der Waals surface area contributed by atoms with Gasteiger partial charge in [-0.25, -0.2) is 0 Å². The topological polar surface area (TPSA) is 9.86 Å². The number of benzene rings is 10. The van der Waals surface area contributed by atoms with Crippen molar-refractivity contribution in [1.29, 1.82) is 0 Å². The van der Waals surface area contributed by atoms with Gasteiger partial charge in [0.05, 0.1) is 22.1 Å². The van der Waals surface area contributed by atoms with E-state index >= 15 is 0 Å². The van der Waals surface area contributed by atoms with E-state index in [1.807, 2.05) is 0 Å². The Balaban J connectivity index is 0.872. The number of para-hydroxylation sites is 4. The van der Waals surface area contributed by atoms with Crippen LogP contribution in [0.25, 0.3) is 111 Å². The average molecular weight is 789 g/mol. The SMILES string of the molecule is c1ccc(-n2c3ccccc3c3ccc(-c4cccc(-c5cccc(-c6cccc(-c7cccc(-c8ccc9c%10ccccc%10n(-c%10ccccc%10)c9c8)c7)c6)c5)c4)cc32)cc1. The maximum Gasteiger partial charge on any atom is 0.0547 e. The summed E-state index contributed by atoms with van der Waals surface area (Å²) in [5.74, 6) is 0. The summed E-state index contributed by atoms with van der Waals surface area (Å²) in [7, 11) is 0. The predicted octanol–water partition coefficient (Wildman–Crippen LogP) is 16.2. The molecule has 0 radical (unpaired) electrons. The molecule has 0 saturated heterocycles. The van der Waals surface area contributed by atoms with Crippen LogP contribution in [-0.4, -0.2) is 9.13 Å². The molecule has 0 saturated carbocycles. The first-order valence-corrected chi connectivity index (χ1v) is 21.3. The van der Waals surface area contributed by atoms with Gasteiger partial charge < -0.3 is 9.13 Å². The molecule has 2 heteroatoms. The Morgan fingerprint density at radius 1 is 0.177 bits per heavy atom. The van der Waals surface area contributed by atoms with Crippen LogP contribution in [0.2, 0.25) is 0 Å². The van der Waals surface area contributed by atoms with Crippen molar-refractivity contribution in [2.45, 2.75) is 0 Å². The molecule has 12 rings (SSSR count). The number of hydrogen-bond donors (Lipinski definition) is 0. The van der Waals surface area contributed by atoms with Gasteiger partial charge in [-0.3, -0.25) is 0 Å². The van der Waals surface area contributed by atoms with Gasteiger partial charge >= 0.3 is 0 Å². The van der Waals surface area contributed by atoms with Gasteiger partial charge in [-0.2, -0.15) is 0 Å². The van der Waals surface area contributed by atoms with Gasteiger partial charge in [0, 0.05) is 32.9 Å². The standard InChI is InChI=1S/C60H40N2/c1-3-23-51(24-4-1)61-57-29-9-7-27-53(57)55-33-31-49(39-59(55)61)47-21-13-19-45(37-47)43-17-11-15-41(35-43)42-16-12-18-44(36-42)46-20-14-22-48(38-46)50-32-34-56-54-28-8-10-30-58(54)62(60(56)40-50)52-25-5-2-6-26-52/h1-40H. The summed E-state index contributed by atoms with van der Waals surface area (Å²) in [5.41, 5.74) is 19.1. The number of rotatable bonds is 7. The highest BCUT2D eigenvalue weighted by molar-refractivity contribution is 6.11. The van der Waals surface area contributed by atoms with Crippen LogP contribution in [0.1, 0.15) is 0 Å². The summed E-state index contributed by atoms with van der Waals surface area (Å²) in [6.07, 6.45) is 0. The van der Waals surface area contributed by atoms with Crippen LogP contribution in [0.3, 0.4) is 0 Å². The van der Waals surface area contributed by atoms with E-state index in [2.05, 4.69) is 252 Å². The van der Waals surface area contributed by atoms with Crippen molar-refractivity contribution in [2.24, 2.45) is 0 Å². The third-order valence-corrected chi connectivity index (χ3v) is 12.5. The minimum atomic E-state index is 1.17. The largest absolute Gasteiger partial charge is 0.309 e. The number of aromatic nitrogens is 2. The van der Waals surface area contributed by atoms with Crippen LogP contribution < -0.4 is 0 Å². The lowest BCUT2D eigenvalue weighted by Crippen LogP contribution is -1.93. The van der Waals surface area contributed by atoms with Crippen LogP contribution >= 0.6 is 0 Å². The highest BCUT2D eigenvalue weighted by atomic mass is 15.0. The molecule has 10 aromatic carbocycles. The first-order valence-electron chi connectivity index (χ1n) is 21.3. The molecule has 2 nitrogen and oxygen atoms in total. The van der Waals surface area contributed by atoms with E-state index < -0.39 is 0 Å². The monoisotopic (exact) mass is 788 g/mol. The Hall–Kier alpha value is -8.20. The first-order chi connectivity index (χ1) is 30.7. The van der Waals surface area contributed by atoms with Crippen LogP contribution in [0, 0.1) is 0 Å². The summed E-state index contributed by atoms with van der Waals surface area (Å²) < 4.78 is 4.77. The molecule has 0 spiro atoms. The van der Waals surface area contributed by atoms with Gasteiger partial charge in [0.2, 0.25) is 0 Å². The van der Waals surface area contributed by atoms with Crippen molar-refractivity contribution in [3.63, 3.8) is 0 Å². The molecule has 0 aliphatic heterocycles. The van der Waals surface area contributed by atoms with Gasteiger partial charge in [-0.15, -0.1) is 0 Å². The van der Waals surface area contributed by atoms with Gasteiger partial charge in [-0.1, -0.05) is 170 Å². The van der Waals surface area contributed by atoms with E-state index in [4.69, 9.17) is 0 Å². The van der Waals surface area contributed by atoms with Gasteiger partial charge in [0.1, 0.15) is 0 Å². The van der Waals surface area contributed by atoms with E-state index in [1.54, 1.807) is 0 Å². The minimum Gasteiger partial charge on any atom is -0.309 e. The highest BCUT2D eigenvalue weighted by Crippen LogP contribution is 2.38. The number of fused-ring (bicyclic) bond motifs is 6. The molecule has 62 heavy (non-hydrogen) atoms.